The fourth-order valence-corrected chi connectivity index (χ4v) is 2.65. The first-order chi connectivity index (χ1) is 11.1. The highest BCUT2D eigenvalue weighted by molar-refractivity contribution is 5.83. The van der Waals surface area contributed by atoms with E-state index in [2.05, 4.69) is 16.9 Å². The van der Waals surface area contributed by atoms with Crippen LogP contribution in [0.2, 0.25) is 0 Å². The molecule has 0 spiro atoms. The summed E-state index contributed by atoms with van der Waals surface area (Å²) in [7, 11) is 1.60. The van der Waals surface area contributed by atoms with Gasteiger partial charge in [0.1, 0.15) is 17.9 Å². The number of nitrogens with one attached hydrogen (secondary N) is 1. The minimum absolute atomic E-state index is 0.231. The minimum Gasteiger partial charge on any atom is -0.497 e. The lowest BCUT2D eigenvalue weighted by molar-refractivity contribution is -0.139. The topological polar surface area (TPSA) is 80.7 Å². The first-order valence-electron chi connectivity index (χ1n) is 7.35. The highest BCUT2D eigenvalue weighted by Gasteiger charge is 2.31. The fraction of sp³-hybridized carbons (Fsp3) is 0.294. The van der Waals surface area contributed by atoms with Gasteiger partial charge in [0.2, 0.25) is 5.88 Å². The third kappa shape index (κ3) is 3.12. The van der Waals surface area contributed by atoms with Gasteiger partial charge in [-0.25, -0.2) is 4.98 Å². The molecule has 1 aromatic heterocycles. The summed E-state index contributed by atoms with van der Waals surface area (Å²) in [5.41, 5.74) is 1.53. The number of fused-ring (bicyclic) bond motifs is 1. The molecule has 0 radical (unpaired) electrons. The summed E-state index contributed by atoms with van der Waals surface area (Å²) in [6.45, 7) is 4.27. The van der Waals surface area contributed by atoms with Crippen LogP contribution in [0.1, 0.15) is 12.0 Å². The molecule has 2 heterocycles. The van der Waals surface area contributed by atoms with Gasteiger partial charge in [-0.3, -0.25) is 4.79 Å². The highest BCUT2D eigenvalue weighted by atomic mass is 16.5. The van der Waals surface area contributed by atoms with Crippen LogP contribution in [-0.2, 0) is 4.79 Å². The number of aliphatic carboxylic acids is 1. The Labute approximate surface area is 133 Å². The van der Waals surface area contributed by atoms with Crippen LogP contribution in [0.5, 0.6) is 11.6 Å². The molecule has 1 aliphatic heterocycles. The summed E-state index contributed by atoms with van der Waals surface area (Å²) in [5.74, 6) is 0.311. The Morgan fingerprint density at radius 3 is 2.96 bits per heavy atom. The van der Waals surface area contributed by atoms with Crippen molar-refractivity contribution in [3.8, 4) is 11.6 Å². The molecule has 0 bridgehead atoms. The number of methoxy groups -OCH3 is 1. The van der Waals surface area contributed by atoms with Crippen LogP contribution in [0, 0.1) is 0 Å². The van der Waals surface area contributed by atoms with E-state index in [4.69, 9.17) is 14.6 Å². The van der Waals surface area contributed by atoms with Crippen LogP contribution in [0.15, 0.2) is 30.8 Å². The zero-order valence-corrected chi connectivity index (χ0v) is 12.8. The fourth-order valence-electron chi connectivity index (χ4n) is 2.65. The van der Waals surface area contributed by atoms with Gasteiger partial charge in [-0.15, -0.1) is 0 Å². The van der Waals surface area contributed by atoms with Crippen molar-refractivity contribution < 1.29 is 19.4 Å². The largest absolute Gasteiger partial charge is 0.497 e. The van der Waals surface area contributed by atoms with Crippen LogP contribution in [0.4, 0.5) is 0 Å². The lowest BCUT2D eigenvalue weighted by Crippen LogP contribution is -2.30. The average Bonchev–Trinajstić information content (AvgIpc) is 3.02. The van der Waals surface area contributed by atoms with E-state index < -0.39 is 12.0 Å². The van der Waals surface area contributed by atoms with Gasteiger partial charge in [0.25, 0.3) is 0 Å². The first-order valence-corrected chi connectivity index (χ1v) is 7.35. The van der Waals surface area contributed by atoms with E-state index in [9.17, 15) is 4.79 Å². The predicted molar refractivity (Wildman–Crippen MR) is 86.8 cm³/mol. The number of hydrogen-bond acceptors (Lipinski definition) is 5. The molecule has 0 aliphatic carbocycles. The summed E-state index contributed by atoms with van der Waals surface area (Å²) < 4.78 is 11.1. The van der Waals surface area contributed by atoms with Gasteiger partial charge in [-0.05, 0) is 18.2 Å². The summed E-state index contributed by atoms with van der Waals surface area (Å²) in [5, 5.41) is 12.9. The van der Waals surface area contributed by atoms with E-state index in [1.807, 2.05) is 24.3 Å². The molecule has 6 nitrogen and oxygen atoms in total. The first kappa shape index (κ1) is 15.3. The van der Waals surface area contributed by atoms with Crippen molar-refractivity contribution in [2.75, 3.05) is 13.7 Å². The Bertz CT molecular complexity index is 760. The molecule has 3 rings (SSSR count). The Hall–Kier alpha value is -2.60. The van der Waals surface area contributed by atoms with Gasteiger partial charge in [0.15, 0.2) is 0 Å². The number of ether oxygens (including phenoxy) is 2. The van der Waals surface area contributed by atoms with E-state index >= 15 is 0 Å². The Morgan fingerprint density at radius 1 is 1.48 bits per heavy atom. The van der Waals surface area contributed by atoms with E-state index in [0.717, 1.165) is 22.2 Å². The van der Waals surface area contributed by atoms with Gasteiger partial charge in [-0.1, -0.05) is 12.7 Å². The van der Waals surface area contributed by atoms with Crippen LogP contribution < -0.4 is 14.8 Å². The second kappa shape index (κ2) is 6.26. The van der Waals surface area contributed by atoms with Crippen LogP contribution in [-0.4, -0.2) is 41.9 Å². The predicted octanol–water partition coefficient (Wildman–Crippen LogP) is 2.08. The summed E-state index contributed by atoms with van der Waals surface area (Å²) in [6, 6.07) is 7.00. The lowest BCUT2D eigenvalue weighted by atomic mass is 10.1. The van der Waals surface area contributed by atoms with E-state index in [1.165, 1.54) is 0 Å². The van der Waals surface area contributed by atoms with E-state index in [0.29, 0.717) is 18.8 Å². The minimum atomic E-state index is -0.865. The van der Waals surface area contributed by atoms with E-state index in [-0.39, 0.29) is 6.10 Å². The maximum Gasteiger partial charge on any atom is 0.320 e. The SMILES string of the molecule is C=Cc1cc2ccc(OC)cc2nc1O[C@H]1CN[C@H](C(=O)O)C1. The van der Waals surface area contributed by atoms with Crippen molar-refractivity contribution in [1.82, 2.24) is 10.3 Å². The molecule has 6 heteroatoms. The molecular weight excluding hydrogens is 296 g/mol. The van der Waals surface area contributed by atoms with Gasteiger partial charge in [0.05, 0.1) is 12.6 Å². The molecule has 1 saturated heterocycles. The van der Waals surface area contributed by atoms with E-state index in [1.54, 1.807) is 13.2 Å². The number of carboxylic acid groups (broad SMARTS) is 1. The summed E-state index contributed by atoms with van der Waals surface area (Å²) in [6.07, 6.45) is 1.86. The summed E-state index contributed by atoms with van der Waals surface area (Å²) >= 11 is 0. The van der Waals surface area contributed by atoms with Gasteiger partial charge < -0.3 is 19.9 Å². The maximum atomic E-state index is 11.0. The lowest BCUT2D eigenvalue weighted by Gasteiger charge is -2.15. The number of aromatic nitrogens is 1. The van der Waals surface area contributed by atoms with Crippen LogP contribution in [0.25, 0.3) is 17.0 Å². The number of carboxylic acids is 1. The standard InChI is InChI=1S/C17H18N2O4/c1-3-10-6-11-4-5-12(22-2)7-14(11)19-16(10)23-13-8-15(17(20)21)18-9-13/h3-7,13,15,18H,1,8-9H2,2H3,(H,20,21)/t13-,15+/m1/s1. The molecule has 0 amide bonds. The molecule has 1 aromatic carbocycles. The van der Waals surface area contributed by atoms with Gasteiger partial charge in [0, 0.05) is 30.0 Å². The Morgan fingerprint density at radius 2 is 2.30 bits per heavy atom. The van der Waals surface area contributed by atoms with Crippen LogP contribution >= 0.6 is 0 Å². The van der Waals surface area contributed by atoms with Crippen molar-refractivity contribution in [3.05, 3.63) is 36.4 Å². The van der Waals surface area contributed by atoms with Crippen molar-refractivity contribution in [2.24, 2.45) is 0 Å². The number of carbonyl (C=O) groups is 1. The molecule has 1 aliphatic rings. The number of rotatable bonds is 5. The zero-order chi connectivity index (χ0) is 16.4. The Balaban J connectivity index is 1.89. The van der Waals surface area contributed by atoms with Crippen molar-refractivity contribution in [3.63, 3.8) is 0 Å². The number of nitrogens with zero attached hydrogens (tertiary/aromatic N) is 1. The summed E-state index contributed by atoms with van der Waals surface area (Å²) in [4.78, 5) is 15.5. The highest BCUT2D eigenvalue weighted by Crippen LogP contribution is 2.27. The quantitative estimate of drug-likeness (QED) is 0.879. The Kier molecular flexibility index (Phi) is 4.16. The van der Waals surface area contributed by atoms with Crippen molar-refractivity contribution >= 4 is 22.9 Å². The van der Waals surface area contributed by atoms with Crippen molar-refractivity contribution in [1.29, 1.82) is 0 Å². The van der Waals surface area contributed by atoms with Crippen molar-refractivity contribution in [2.45, 2.75) is 18.6 Å². The molecule has 0 unspecified atom stereocenters. The van der Waals surface area contributed by atoms with Gasteiger partial charge in [-0.2, -0.15) is 0 Å². The maximum absolute atomic E-state index is 11.0. The number of pyridine rings is 1. The normalized spacial score (nSPS) is 20.4. The zero-order valence-electron chi connectivity index (χ0n) is 12.8. The molecule has 1 fully saturated rings. The third-order valence-corrected chi connectivity index (χ3v) is 3.90. The molecule has 120 valence electrons. The second-order valence-corrected chi connectivity index (χ2v) is 5.42. The molecule has 2 aromatic rings. The third-order valence-electron chi connectivity index (χ3n) is 3.90. The smallest absolute Gasteiger partial charge is 0.320 e. The molecule has 0 saturated carbocycles. The molecular formula is C17H18N2O4. The second-order valence-electron chi connectivity index (χ2n) is 5.42. The monoisotopic (exact) mass is 314 g/mol. The molecule has 2 N–H and O–H groups in total. The molecule has 2 atom stereocenters. The molecule has 23 heavy (non-hydrogen) atoms. The van der Waals surface area contributed by atoms with Crippen LogP contribution in [0.3, 0.4) is 0 Å². The number of benzene rings is 1. The van der Waals surface area contributed by atoms with Gasteiger partial charge >= 0.3 is 5.97 Å². The average molecular weight is 314 g/mol. The number of hydrogen-bond donors (Lipinski definition) is 2.